The van der Waals surface area contributed by atoms with E-state index in [4.69, 9.17) is 0 Å². The smallest absolute Gasteiger partial charge is 0.316 e. The highest BCUT2D eigenvalue weighted by molar-refractivity contribution is 5.82. The van der Waals surface area contributed by atoms with Crippen LogP contribution in [0.2, 0.25) is 0 Å². The topological polar surface area (TPSA) is 37.8 Å². The van der Waals surface area contributed by atoms with Gasteiger partial charge in [-0.25, -0.2) is 9.97 Å². The van der Waals surface area contributed by atoms with Gasteiger partial charge in [-0.15, -0.1) is 0 Å². The number of rotatable bonds is 1. The van der Waals surface area contributed by atoms with Crippen molar-refractivity contribution >= 4 is 10.9 Å². The molecule has 2 aromatic rings. The zero-order chi connectivity index (χ0) is 13.5. The minimum Gasteiger partial charge on any atom is -0.316 e. The second-order valence-corrected chi connectivity index (χ2v) is 4.68. The molecule has 0 spiro atoms. The fraction of sp³-hybridized carbons (Fsp3) is 0.385. The first-order valence-corrected chi connectivity index (χ1v) is 6.08. The molecular weight excluding hydrogens is 255 g/mol. The number of aromatic nitrogens is 2. The van der Waals surface area contributed by atoms with E-state index in [1.165, 1.54) is 12.4 Å². The number of benzene rings is 1. The Bertz CT molecular complexity index is 604. The average molecular weight is 267 g/mol. The van der Waals surface area contributed by atoms with Crippen LogP contribution in [0.5, 0.6) is 0 Å². The maximum Gasteiger partial charge on any atom is 0.416 e. The van der Waals surface area contributed by atoms with Crippen LogP contribution in [0.15, 0.2) is 24.5 Å². The highest BCUT2D eigenvalue weighted by Gasteiger charge is 2.31. The van der Waals surface area contributed by atoms with E-state index in [9.17, 15) is 13.2 Å². The lowest BCUT2D eigenvalue weighted by Crippen LogP contribution is -2.10. The zero-order valence-corrected chi connectivity index (χ0v) is 10.0. The van der Waals surface area contributed by atoms with E-state index >= 15 is 0 Å². The quantitative estimate of drug-likeness (QED) is 0.863. The van der Waals surface area contributed by atoms with Gasteiger partial charge in [0, 0.05) is 17.8 Å². The lowest BCUT2D eigenvalue weighted by molar-refractivity contribution is -0.137. The summed E-state index contributed by atoms with van der Waals surface area (Å²) in [5, 5.41) is 3.94. The lowest BCUT2D eigenvalue weighted by atomic mass is 9.99. The van der Waals surface area contributed by atoms with Gasteiger partial charge in [0.15, 0.2) is 0 Å². The predicted molar refractivity (Wildman–Crippen MR) is 64.8 cm³/mol. The molecule has 1 N–H and O–H groups in total. The molecule has 2 heterocycles. The Morgan fingerprint density at radius 1 is 1.21 bits per heavy atom. The molecule has 1 fully saturated rings. The molecule has 0 aliphatic carbocycles. The Labute approximate surface area is 107 Å². The van der Waals surface area contributed by atoms with Crippen molar-refractivity contribution in [2.45, 2.75) is 18.5 Å². The van der Waals surface area contributed by atoms with Crippen LogP contribution in [0.3, 0.4) is 0 Å². The molecule has 1 aliphatic heterocycles. The SMILES string of the molecule is FC(F)(F)c1ccc2c(C3CCNC3)ncnc2c1. The van der Waals surface area contributed by atoms with Crippen LogP contribution in [-0.2, 0) is 6.18 Å². The minimum absolute atomic E-state index is 0.252. The molecule has 1 aliphatic rings. The molecule has 3 nitrogen and oxygen atoms in total. The Morgan fingerprint density at radius 3 is 2.74 bits per heavy atom. The van der Waals surface area contributed by atoms with Gasteiger partial charge in [-0.2, -0.15) is 13.2 Å². The molecule has 3 rings (SSSR count). The van der Waals surface area contributed by atoms with Gasteiger partial charge in [-0.05, 0) is 25.1 Å². The fourth-order valence-corrected chi connectivity index (χ4v) is 2.47. The summed E-state index contributed by atoms with van der Waals surface area (Å²) in [5.41, 5.74) is 0.518. The van der Waals surface area contributed by atoms with E-state index in [0.29, 0.717) is 10.9 Å². The third kappa shape index (κ3) is 2.28. The van der Waals surface area contributed by atoms with Crippen LogP contribution < -0.4 is 5.32 Å². The number of hydrogen-bond acceptors (Lipinski definition) is 3. The summed E-state index contributed by atoms with van der Waals surface area (Å²) in [7, 11) is 0. The summed E-state index contributed by atoms with van der Waals surface area (Å²) >= 11 is 0. The summed E-state index contributed by atoms with van der Waals surface area (Å²) in [6.07, 6.45) is -2.04. The summed E-state index contributed by atoms with van der Waals surface area (Å²) in [5.74, 6) is 0.252. The van der Waals surface area contributed by atoms with Gasteiger partial charge in [-0.1, -0.05) is 6.07 Å². The second kappa shape index (κ2) is 4.45. The molecule has 6 heteroatoms. The molecular formula is C13H12F3N3. The van der Waals surface area contributed by atoms with E-state index in [2.05, 4.69) is 15.3 Å². The molecule has 0 bridgehead atoms. The zero-order valence-electron chi connectivity index (χ0n) is 10.0. The molecule has 1 aromatic carbocycles. The fourth-order valence-electron chi connectivity index (χ4n) is 2.47. The molecule has 0 amide bonds. The van der Waals surface area contributed by atoms with Crippen LogP contribution >= 0.6 is 0 Å². The normalized spacial score (nSPS) is 20.1. The summed E-state index contributed by atoms with van der Waals surface area (Å²) in [6.45, 7) is 1.73. The van der Waals surface area contributed by atoms with Gasteiger partial charge < -0.3 is 5.32 Å². The third-order valence-corrected chi connectivity index (χ3v) is 3.44. The highest BCUT2D eigenvalue weighted by atomic mass is 19.4. The number of halogens is 3. The first-order chi connectivity index (χ1) is 9.05. The van der Waals surface area contributed by atoms with Crippen LogP contribution in [0.1, 0.15) is 23.6 Å². The molecule has 0 saturated carbocycles. The van der Waals surface area contributed by atoms with Crippen molar-refractivity contribution in [1.29, 1.82) is 0 Å². The largest absolute Gasteiger partial charge is 0.416 e. The summed E-state index contributed by atoms with van der Waals surface area (Å²) < 4.78 is 38.0. The van der Waals surface area contributed by atoms with Gasteiger partial charge in [0.05, 0.1) is 16.8 Å². The number of fused-ring (bicyclic) bond motifs is 1. The van der Waals surface area contributed by atoms with Crippen molar-refractivity contribution in [3.63, 3.8) is 0 Å². The molecule has 1 aromatic heterocycles. The molecule has 1 unspecified atom stereocenters. The minimum atomic E-state index is -4.34. The molecule has 0 radical (unpaired) electrons. The van der Waals surface area contributed by atoms with Crippen LogP contribution in [0, 0.1) is 0 Å². The maximum atomic E-state index is 12.7. The van der Waals surface area contributed by atoms with Crippen molar-refractivity contribution in [3.05, 3.63) is 35.8 Å². The maximum absolute atomic E-state index is 12.7. The van der Waals surface area contributed by atoms with E-state index < -0.39 is 11.7 Å². The monoisotopic (exact) mass is 267 g/mol. The van der Waals surface area contributed by atoms with Crippen LogP contribution in [-0.4, -0.2) is 23.1 Å². The number of nitrogens with zero attached hydrogens (tertiary/aromatic N) is 2. The number of hydrogen-bond donors (Lipinski definition) is 1. The number of alkyl halides is 3. The van der Waals surface area contributed by atoms with Gasteiger partial charge in [0.2, 0.25) is 0 Å². The Balaban J connectivity index is 2.11. The Morgan fingerprint density at radius 2 is 2.05 bits per heavy atom. The van der Waals surface area contributed by atoms with E-state index in [1.807, 2.05) is 0 Å². The summed E-state index contributed by atoms with van der Waals surface area (Å²) in [4.78, 5) is 8.20. The van der Waals surface area contributed by atoms with Gasteiger partial charge >= 0.3 is 6.18 Å². The summed E-state index contributed by atoms with van der Waals surface area (Å²) in [6, 6.07) is 3.66. The molecule has 1 saturated heterocycles. The van der Waals surface area contributed by atoms with E-state index in [0.717, 1.165) is 37.3 Å². The van der Waals surface area contributed by atoms with Crippen molar-refractivity contribution in [1.82, 2.24) is 15.3 Å². The van der Waals surface area contributed by atoms with E-state index in [1.54, 1.807) is 0 Å². The van der Waals surface area contributed by atoms with Crippen molar-refractivity contribution in [2.24, 2.45) is 0 Å². The first-order valence-electron chi connectivity index (χ1n) is 6.08. The Kier molecular flexibility index (Phi) is 2.89. The molecule has 1 atom stereocenters. The molecule has 100 valence electrons. The molecule has 19 heavy (non-hydrogen) atoms. The predicted octanol–water partition coefficient (Wildman–Crippen LogP) is 2.73. The van der Waals surface area contributed by atoms with Crippen LogP contribution in [0.25, 0.3) is 10.9 Å². The number of nitrogens with one attached hydrogen (secondary N) is 1. The second-order valence-electron chi connectivity index (χ2n) is 4.68. The standard InChI is InChI=1S/C13H12F3N3/c14-13(15,16)9-1-2-10-11(5-9)18-7-19-12(10)8-3-4-17-6-8/h1-2,5,7-8,17H,3-4,6H2. The first kappa shape index (κ1) is 12.3. The van der Waals surface area contributed by atoms with Crippen LogP contribution in [0.4, 0.5) is 13.2 Å². The Hall–Kier alpha value is -1.69. The van der Waals surface area contributed by atoms with E-state index in [-0.39, 0.29) is 5.92 Å². The van der Waals surface area contributed by atoms with Crippen molar-refractivity contribution in [2.75, 3.05) is 13.1 Å². The van der Waals surface area contributed by atoms with Gasteiger partial charge in [0.1, 0.15) is 6.33 Å². The van der Waals surface area contributed by atoms with Crippen molar-refractivity contribution < 1.29 is 13.2 Å². The lowest BCUT2D eigenvalue weighted by Gasteiger charge is -2.12. The van der Waals surface area contributed by atoms with Gasteiger partial charge in [0.25, 0.3) is 0 Å². The third-order valence-electron chi connectivity index (χ3n) is 3.44. The average Bonchev–Trinajstić information content (AvgIpc) is 2.90. The highest BCUT2D eigenvalue weighted by Crippen LogP contribution is 2.33. The van der Waals surface area contributed by atoms with Gasteiger partial charge in [-0.3, -0.25) is 0 Å². The van der Waals surface area contributed by atoms with Crippen molar-refractivity contribution in [3.8, 4) is 0 Å².